The molecule has 2 aromatic heterocycles. The van der Waals surface area contributed by atoms with Crippen LogP contribution in [-0.4, -0.2) is 21.7 Å². The molecule has 0 radical (unpaired) electrons. The van der Waals surface area contributed by atoms with Crippen molar-refractivity contribution >= 4 is 0 Å². The highest BCUT2D eigenvalue weighted by Gasteiger charge is 2.30. The molecule has 1 aromatic carbocycles. The van der Waals surface area contributed by atoms with Crippen molar-refractivity contribution in [2.45, 2.75) is 13.1 Å². The van der Waals surface area contributed by atoms with Gasteiger partial charge in [0, 0.05) is 18.7 Å². The first kappa shape index (κ1) is 21.3. The van der Waals surface area contributed by atoms with E-state index in [2.05, 4.69) is 10.1 Å². The minimum absolute atomic E-state index is 0.161. The van der Waals surface area contributed by atoms with Gasteiger partial charge < -0.3 is 4.74 Å². The van der Waals surface area contributed by atoms with Crippen LogP contribution in [-0.2, 0) is 13.2 Å². The van der Waals surface area contributed by atoms with E-state index < -0.39 is 24.6 Å². The highest BCUT2D eigenvalue weighted by Crippen LogP contribution is 2.31. The average molecular weight is 403 g/mol. The Hall–Kier alpha value is -3.04. The molecule has 0 bridgehead atoms. The lowest BCUT2D eigenvalue weighted by molar-refractivity contribution is -0.137. The molecule has 0 fully saturated rings. The smallest absolute Gasteiger partial charge is 0.416 e. The number of ether oxygens (including phenoxy) is 1. The van der Waals surface area contributed by atoms with Gasteiger partial charge in [0.15, 0.2) is 0 Å². The highest BCUT2D eigenvalue weighted by molar-refractivity contribution is 5.61. The topological polar surface area (TPSA) is 39.9 Å². The lowest BCUT2D eigenvalue weighted by Gasteiger charge is -2.10. The second kappa shape index (κ2) is 8.77. The van der Waals surface area contributed by atoms with Crippen LogP contribution < -0.4 is 4.74 Å². The van der Waals surface area contributed by atoms with Crippen LogP contribution in [0.5, 0.6) is 11.8 Å². The van der Waals surface area contributed by atoms with Gasteiger partial charge in [-0.3, -0.25) is 0 Å². The van der Waals surface area contributed by atoms with E-state index in [0.29, 0.717) is 11.3 Å². The zero-order valence-electron chi connectivity index (χ0n) is 14.8. The van der Waals surface area contributed by atoms with Gasteiger partial charge in [-0.2, -0.15) is 17.6 Å². The number of aryl methyl sites for hydroxylation is 2. The van der Waals surface area contributed by atoms with Gasteiger partial charge in [-0.05, 0) is 30.7 Å². The summed E-state index contributed by atoms with van der Waals surface area (Å²) in [5, 5.41) is 3.53. The highest BCUT2D eigenvalue weighted by atomic mass is 19.4. The molecule has 10 heteroatoms. The fourth-order valence-electron chi connectivity index (χ4n) is 2.28. The van der Waals surface area contributed by atoms with E-state index in [0.717, 1.165) is 23.8 Å². The second-order valence-electron chi connectivity index (χ2n) is 5.58. The molecule has 0 amide bonds. The van der Waals surface area contributed by atoms with Gasteiger partial charge in [-0.1, -0.05) is 12.1 Å². The van der Waals surface area contributed by atoms with E-state index in [1.54, 1.807) is 19.1 Å². The van der Waals surface area contributed by atoms with Gasteiger partial charge in [0.1, 0.15) is 0 Å². The maximum absolute atomic E-state index is 13.1. The number of halogens is 6. The third-order valence-electron chi connectivity index (χ3n) is 3.47. The molecule has 0 unspecified atom stereocenters. The molecule has 0 aliphatic carbocycles. The number of hydrogen-bond donors (Lipinski definition) is 0. The Labute approximate surface area is 156 Å². The summed E-state index contributed by atoms with van der Waals surface area (Å²) in [6.07, 6.45) is -4.39. The SMILES string of the molecule is Cc1cc(Oc2cc(F)nn2C)nc(-c2ccc(C(F)(F)F)cc2)c1.FCF. The number of alkyl halides is 5. The predicted octanol–water partition coefficient (Wildman–Crippen LogP) is 5.62. The first-order valence-corrected chi connectivity index (χ1v) is 7.79. The zero-order chi connectivity index (χ0) is 20.9. The third-order valence-corrected chi connectivity index (χ3v) is 3.47. The maximum Gasteiger partial charge on any atom is 0.416 e. The van der Waals surface area contributed by atoms with Crippen molar-refractivity contribution in [3.8, 4) is 23.0 Å². The van der Waals surface area contributed by atoms with Crippen molar-refractivity contribution in [2.24, 2.45) is 7.05 Å². The van der Waals surface area contributed by atoms with E-state index in [9.17, 15) is 26.3 Å². The molecule has 0 aliphatic heterocycles. The summed E-state index contributed by atoms with van der Waals surface area (Å²) < 4.78 is 77.1. The average Bonchev–Trinajstić information content (AvgIpc) is 2.91. The van der Waals surface area contributed by atoms with E-state index >= 15 is 0 Å². The van der Waals surface area contributed by atoms with Crippen molar-refractivity contribution in [2.75, 3.05) is 6.93 Å². The maximum atomic E-state index is 13.1. The quantitative estimate of drug-likeness (QED) is 0.533. The fourth-order valence-corrected chi connectivity index (χ4v) is 2.28. The van der Waals surface area contributed by atoms with Gasteiger partial charge in [0.25, 0.3) is 0 Å². The van der Waals surface area contributed by atoms with Crippen LogP contribution >= 0.6 is 0 Å². The standard InChI is InChI=1S/C17H13F4N3O.CH2F2/c1-10-7-13(11-3-5-12(6-4-11)17(19,20)21)22-15(8-10)25-16-9-14(18)23-24(16)2;2-1-3/h3-9H,1-2H3;1H2. The molecule has 0 N–H and O–H groups in total. The van der Waals surface area contributed by atoms with Crippen molar-refractivity contribution in [1.82, 2.24) is 14.8 Å². The van der Waals surface area contributed by atoms with Gasteiger partial charge in [-0.15, -0.1) is 5.10 Å². The minimum atomic E-state index is -4.39. The fraction of sp³-hybridized carbons (Fsp3) is 0.222. The first-order valence-electron chi connectivity index (χ1n) is 7.79. The Morgan fingerprint density at radius 2 is 1.64 bits per heavy atom. The van der Waals surface area contributed by atoms with Crippen molar-refractivity contribution in [1.29, 1.82) is 0 Å². The molecular weight excluding hydrogens is 388 g/mol. The minimum Gasteiger partial charge on any atom is -0.421 e. The van der Waals surface area contributed by atoms with Crippen LogP contribution in [0.25, 0.3) is 11.3 Å². The Morgan fingerprint density at radius 3 is 2.14 bits per heavy atom. The molecule has 0 aliphatic rings. The Bertz CT molecular complexity index is 922. The van der Waals surface area contributed by atoms with Crippen molar-refractivity contribution in [3.63, 3.8) is 0 Å². The zero-order valence-corrected chi connectivity index (χ0v) is 14.8. The summed E-state index contributed by atoms with van der Waals surface area (Å²) in [4.78, 5) is 4.27. The van der Waals surface area contributed by atoms with Gasteiger partial charge in [-0.25, -0.2) is 18.4 Å². The van der Waals surface area contributed by atoms with Gasteiger partial charge in [0.2, 0.25) is 24.6 Å². The molecule has 0 saturated heterocycles. The predicted molar refractivity (Wildman–Crippen MR) is 89.7 cm³/mol. The van der Waals surface area contributed by atoms with E-state index in [4.69, 9.17) is 4.74 Å². The number of pyridine rings is 1. The number of hydrogen-bond acceptors (Lipinski definition) is 3. The normalized spacial score (nSPS) is 11.0. The molecule has 4 nitrogen and oxygen atoms in total. The first-order chi connectivity index (χ1) is 13.1. The van der Waals surface area contributed by atoms with Crippen LogP contribution in [0.15, 0.2) is 42.5 Å². The van der Waals surface area contributed by atoms with E-state index in [1.165, 1.54) is 23.9 Å². The summed E-state index contributed by atoms with van der Waals surface area (Å²) >= 11 is 0. The summed E-state index contributed by atoms with van der Waals surface area (Å²) in [7, 11) is 1.52. The molecule has 3 rings (SSSR count). The van der Waals surface area contributed by atoms with Crippen LogP contribution in [0.3, 0.4) is 0 Å². The summed E-state index contributed by atoms with van der Waals surface area (Å²) in [5.74, 6) is -0.333. The summed E-state index contributed by atoms with van der Waals surface area (Å²) in [6.45, 7) is 0.0476. The number of aromatic nitrogens is 3. The Balaban J connectivity index is 0.000000878. The number of benzene rings is 1. The van der Waals surface area contributed by atoms with Crippen LogP contribution in [0, 0.1) is 12.9 Å². The largest absolute Gasteiger partial charge is 0.421 e. The van der Waals surface area contributed by atoms with Crippen LogP contribution in [0.1, 0.15) is 11.1 Å². The number of rotatable bonds is 3. The number of nitrogens with zero attached hydrogens (tertiary/aromatic N) is 3. The van der Waals surface area contributed by atoms with Crippen molar-refractivity contribution in [3.05, 3.63) is 59.5 Å². The van der Waals surface area contributed by atoms with Gasteiger partial charge >= 0.3 is 6.18 Å². The molecule has 0 atom stereocenters. The Morgan fingerprint density at radius 1 is 1.04 bits per heavy atom. The van der Waals surface area contributed by atoms with Crippen LogP contribution in [0.4, 0.5) is 26.3 Å². The van der Waals surface area contributed by atoms with Gasteiger partial charge in [0.05, 0.1) is 17.3 Å². The molecule has 2 heterocycles. The monoisotopic (exact) mass is 403 g/mol. The van der Waals surface area contributed by atoms with Crippen molar-refractivity contribution < 1.29 is 31.1 Å². The van der Waals surface area contributed by atoms with E-state index in [-0.39, 0.29) is 11.8 Å². The van der Waals surface area contributed by atoms with Crippen LogP contribution in [0.2, 0.25) is 0 Å². The second-order valence-corrected chi connectivity index (χ2v) is 5.58. The molecule has 0 spiro atoms. The summed E-state index contributed by atoms with van der Waals surface area (Å²) in [6, 6.07) is 9.16. The molecule has 3 aromatic rings. The lowest BCUT2D eigenvalue weighted by atomic mass is 10.1. The molecule has 0 saturated carbocycles. The van der Waals surface area contributed by atoms with E-state index in [1.807, 2.05) is 0 Å². The lowest BCUT2D eigenvalue weighted by Crippen LogP contribution is -2.04. The summed E-state index contributed by atoms with van der Waals surface area (Å²) in [5.41, 5.74) is 1.03. The molecule has 150 valence electrons. The Kier molecular flexibility index (Phi) is 6.66. The third kappa shape index (κ3) is 5.48. The molecule has 28 heavy (non-hydrogen) atoms. The molecular formula is C18H15F6N3O.